The van der Waals surface area contributed by atoms with Gasteiger partial charge in [-0.3, -0.25) is 4.79 Å². The minimum Gasteiger partial charge on any atom is -0.370 e. The average molecular weight is 410 g/mol. The smallest absolute Gasteiger partial charge is 0.227 e. The third kappa shape index (κ3) is 4.95. The molecular weight excluding hydrogens is 382 g/mol. The van der Waals surface area contributed by atoms with E-state index < -0.39 is 0 Å². The lowest BCUT2D eigenvalue weighted by Crippen LogP contribution is -2.35. The maximum Gasteiger partial charge on any atom is 0.227 e. The average Bonchev–Trinajstić information content (AvgIpc) is 2.82. The molecule has 156 valence electrons. The topological polar surface area (TPSA) is 47.3 Å². The number of amides is 1. The van der Waals surface area contributed by atoms with Crippen molar-refractivity contribution in [3.63, 3.8) is 0 Å². The summed E-state index contributed by atoms with van der Waals surface area (Å²) in [5.41, 5.74) is 6.48. The zero-order valence-corrected chi connectivity index (χ0v) is 17.9. The van der Waals surface area contributed by atoms with Crippen molar-refractivity contribution in [3.05, 3.63) is 95.1 Å². The third-order valence-corrected chi connectivity index (χ3v) is 5.90. The van der Waals surface area contributed by atoms with Gasteiger partial charge in [-0.05, 0) is 66.3 Å². The SMILES string of the molecule is CN(Cc1ccccc1)c1ccc2c(c1)CCCN2C(=O)CCc1ccc(C#N)cc1. The van der Waals surface area contributed by atoms with E-state index in [2.05, 4.69) is 60.5 Å². The van der Waals surface area contributed by atoms with Crippen LogP contribution in [0.1, 0.15) is 35.1 Å². The highest BCUT2D eigenvalue weighted by Gasteiger charge is 2.23. The lowest BCUT2D eigenvalue weighted by atomic mass is 9.99. The predicted molar refractivity (Wildman–Crippen MR) is 125 cm³/mol. The largest absolute Gasteiger partial charge is 0.370 e. The molecule has 0 fully saturated rings. The first-order valence-electron chi connectivity index (χ1n) is 10.8. The lowest BCUT2D eigenvalue weighted by Gasteiger charge is -2.31. The van der Waals surface area contributed by atoms with Gasteiger partial charge in [-0.2, -0.15) is 5.26 Å². The first kappa shape index (κ1) is 20.7. The second kappa shape index (κ2) is 9.49. The van der Waals surface area contributed by atoms with Gasteiger partial charge in [0.1, 0.15) is 0 Å². The fraction of sp³-hybridized carbons (Fsp3) is 0.259. The molecule has 1 aliphatic rings. The molecule has 3 aromatic rings. The number of hydrogen-bond acceptors (Lipinski definition) is 3. The molecule has 1 heterocycles. The number of aryl methyl sites for hydroxylation is 2. The second-order valence-corrected chi connectivity index (χ2v) is 8.11. The molecule has 31 heavy (non-hydrogen) atoms. The molecule has 1 amide bonds. The Hall–Kier alpha value is -3.58. The number of rotatable bonds is 6. The standard InChI is InChI=1S/C27H27N3O/c1-29(20-23-6-3-2-4-7-23)25-14-15-26-24(18-25)8-5-17-30(26)27(31)16-13-21-9-11-22(19-28)12-10-21/h2-4,6-7,9-12,14-15,18H,5,8,13,16-17,20H2,1H3. The van der Waals surface area contributed by atoms with Gasteiger partial charge in [0.2, 0.25) is 5.91 Å². The quantitative estimate of drug-likeness (QED) is 0.569. The number of nitrogens with zero attached hydrogens (tertiary/aromatic N) is 3. The maximum absolute atomic E-state index is 13.0. The van der Waals surface area contributed by atoms with Crippen molar-refractivity contribution in [1.82, 2.24) is 0 Å². The van der Waals surface area contributed by atoms with Crippen molar-refractivity contribution in [2.45, 2.75) is 32.2 Å². The van der Waals surface area contributed by atoms with E-state index in [-0.39, 0.29) is 5.91 Å². The number of hydrogen-bond donors (Lipinski definition) is 0. The highest BCUT2D eigenvalue weighted by molar-refractivity contribution is 5.95. The Morgan fingerprint density at radius 1 is 1.03 bits per heavy atom. The summed E-state index contributed by atoms with van der Waals surface area (Å²) in [5.74, 6) is 0.163. The van der Waals surface area contributed by atoms with Crippen molar-refractivity contribution in [2.24, 2.45) is 0 Å². The van der Waals surface area contributed by atoms with Crippen molar-refractivity contribution < 1.29 is 4.79 Å². The third-order valence-electron chi connectivity index (χ3n) is 5.90. The number of benzene rings is 3. The molecule has 0 spiro atoms. The summed E-state index contributed by atoms with van der Waals surface area (Å²) in [5, 5.41) is 8.92. The highest BCUT2D eigenvalue weighted by atomic mass is 16.2. The molecule has 1 aliphatic heterocycles. The van der Waals surface area contributed by atoms with Crippen LogP contribution in [-0.2, 0) is 24.2 Å². The van der Waals surface area contributed by atoms with E-state index in [1.165, 1.54) is 16.8 Å². The van der Waals surface area contributed by atoms with E-state index in [9.17, 15) is 4.79 Å². The molecule has 0 radical (unpaired) electrons. The van der Waals surface area contributed by atoms with Crippen LogP contribution in [0.3, 0.4) is 0 Å². The van der Waals surface area contributed by atoms with Crippen molar-refractivity contribution in [2.75, 3.05) is 23.4 Å². The molecule has 4 nitrogen and oxygen atoms in total. The van der Waals surface area contributed by atoms with E-state index >= 15 is 0 Å². The van der Waals surface area contributed by atoms with Crippen molar-refractivity contribution in [3.8, 4) is 6.07 Å². The summed E-state index contributed by atoms with van der Waals surface area (Å²) in [7, 11) is 2.11. The maximum atomic E-state index is 13.0. The minimum absolute atomic E-state index is 0.163. The van der Waals surface area contributed by atoms with E-state index in [0.717, 1.165) is 37.2 Å². The Morgan fingerprint density at radius 3 is 2.55 bits per heavy atom. The van der Waals surface area contributed by atoms with E-state index in [1.54, 1.807) is 0 Å². The van der Waals surface area contributed by atoms with Gasteiger partial charge in [0.15, 0.2) is 0 Å². The summed E-state index contributed by atoms with van der Waals surface area (Å²) in [6.45, 7) is 1.63. The van der Waals surface area contributed by atoms with Crippen LogP contribution in [0.4, 0.5) is 11.4 Å². The van der Waals surface area contributed by atoms with Crippen LogP contribution in [0, 0.1) is 11.3 Å². The van der Waals surface area contributed by atoms with Gasteiger partial charge in [-0.1, -0.05) is 42.5 Å². The molecule has 0 unspecified atom stereocenters. The Labute approximate surface area is 184 Å². The first-order valence-corrected chi connectivity index (χ1v) is 10.8. The molecule has 0 aliphatic carbocycles. The molecule has 0 saturated heterocycles. The van der Waals surface area contributed by atoms with Gasteiger partial charge in [0, 0.05) is 37.9 Å². The summed E-state index contributed by atoms with van der Waals surface area (Å²) in [4.78, 5) is 17.2. The number of carbonyl (C=O) groups is 1. The molecule has 4 heteroatoms. The number of anilines is 2. The Morgan fingerprint density at radius 2 is 1.81 bits per heavy atom. The summed E-state index contributed by atoms with van der Waals surface area (Å²) in [6, 6.07) is 26.5. The Kier molecular flexibility index (Phi) is 6.33. The molecule has 0 atom stereocenters. The molecule has 0 bridgehead atoms. The molecule has 4 rings (SSSR count). The lowest BCUT2D eigenvalue weighted by molar-refractivity contribution is -0.118. The zero-order valence-electron chi connectivity index (χ0n) is 17.9. The molecular formula is C27H27N3O. The zero-order chi connectivity index (χ0) is 21.6. The predicted octanol–water partition coefficient (Wildman–Crippen LogP) is 5.11. The molecule has 0 N–H and O–H groups in total. The molecule has 0 saturated carbocycles. The van der Waals surface area contributed by atoms with Crippen LogP contribution in [-0.4, -0.2) is 19.5 Å². The van der Waals surface area contributed by atoms with Crippen LogP contribution >= 0.6 is 0 Å². The fourth-order valence-corrected chi connectivity index (χ4v) is 4.16. The fourth-order valence-electron chi connectivity index (χ4n) is 4.16. The van der Waals surface area contributed by atoms with Gasteiger partial charge in [-0.25, -0.2) is 0 Å². The monoisotopic (exact) mass is 409 g/mol. The van der Waals surface area contributed by atoms with Crippen molar-refractivity contribution in [1.29, 1.82) is 5.26 Å². The van der Waals surface area contributed by atoms with E-state index in [0.29, 0.717) is 18.4 Å². The number of fused-ring (bicyclic) bond motifs is 1. The van der Waals surface area contributed by atoms with Crippen LogP contribution < -0.4 is 9.80 Å². The second-order valence-electron chi connectivity index (χ2n) is 8.11. The van der Waals surface area contributed by atoms with E-state index in [4.69, 9.17) is 5.26 Å². The molecule has 3 aromatic carbocycles. The summed E-state index contributed by atoms with van der Waals surface area (Å²) < 4.78 is 0. The van der Waals surface area contributed by atoms with Crippen LogP contribution in [0.15, 0.2) is 72.8 Å². The first-order chi connectivity index (χ1) is 15.1. The van der Waals surface area contributed by atoms with Gasteiger partial charge in [0.25, 0.3) is 0 Å². The normalized spacial score (nSPS) is 12.7. The summed E-state index contributed by atoms with van der Waals surface area (Å²) >= 11 is 0. The molecule has 0 aromatic heterocycles. The van der Waals surface area contributed by atoms with Crippen molar-refractivity contribution >= 4 is 17.3 Å². The summed E-state index contributed by atoms with van der Waals surface area (Å²) in [6.07, 6.45) is 3.15. The number of carbonyl (C=O) groups excluding carboxylic acids is 1. The van der Waals surface area contributed by atoms with Gasteiger partial charge in [0.05, 0.1) is 11.6 Å². The van der Waals surface area contributed by atoms with Crippen LogP contribution in [0.2, 0.25) is 0 Å². The van der Waals surface area contributed by atoms with Gasteiger partial charge in [-0.15, -0.1) is 0 Å². The number of nitriles is 1. The minimum atomic E-state index is 0.163. The Balaban J connectivity index is 1.43. The van der Waals surface area contributed by atoms with Gasteiger partial charge >= 0.3 is 0 Å². The highest BCUT2D eigenvalue weighted by Crippen LogP contribution is 2.31. The Bertz CT molecular complexity index is 1080. The van der Waals surface area contributed by atoms with Crippen LogP contribution in [0.25, 0.3) is 0 Å². The van der Waals surface area contributed by atoms with Gasteiger partial charge < -0.3 is 9.80 Å². The van der Waals surface area contributed by atoms with E-state index in [1.807, 2.05) is 35.2 Å². The van der Waals surface area contributed by atoms with Crippen LogP contribution in [0.5, 0.6) is 0 Å².